The Balaban J connectivity index is 1.58. The summed E-state index contributed by atoms with van der Waals surface area (Å²) in [6, 6.07) is 14.1. The van der Waals surface area contributed by atoms with Gasteiger partial charge in [0, 0.05) is 5.41 Å². The van der Waals surface area contributed by atoms with Crippen LogP contribution < -0.4 is 10.6 Å². The maximum atomic E-state index is 12.8. The van der Waals surface area contributed by atoms with Crippen molar-refractivity contribution in [2.75, 3.05) is 13.1 Å². The van der Waals surface area contributed by atoms with E-state index in [1.807, 2.05) is 26.0 Å². The molecule has 0 unspecified atom stereocenters. The molecule has 27 heavy (non-hydrogen) atoms. The van der Waals surface area contributed by atoms with Crippen LogP contribution in [0.1, 0.15) is 46.7 Å². The lowest BCUT2D eigenvalue weighted by Crippen LogP contribution is -2.48. The number of fused-ring (bicyclic) bond motifs is 2. The van der Waals surface area contributed by atoms with Crippen LogP contribution in [0.2, 0.25) is 0 Å². The summed E-state index contributed by atoms with van der Waals surface area (Å²) in [5.74, 6) is -0.0338. The Hall–Kier alpha value is -2.17. The first-order chi connectivity index (χ1) is 13.0. The molecule has 1 aliphatic heterocycles. The largest absolute Gasteiger partial charge is 0.390 e. The van der Waals surface area contributed by atoms with E-state index < -0.39 is 6.10 Å². The minimum atomic E-state index is -0.584. The van der Waals surface area contributed by atoms with E-state index in [9.17, 15) is 9.90 Å². The third kappa shape index (κ3) is 3.17. The van der Waals surface area contributed by atoms with Crippen molar-refractivity contribution in [3.8, 4) is 0 Å². The second kappa shape index (κ2) is 7.10. The van der Waals surface area contributed by atoms with E-state index in [2.05, 4.69) is 41.0 Å². The molecular formula is C23H28N2O2. The van der Waals surface area contributed by atoms with Gasteiger partial charge in [0.15, 0.2) is 0 Å². The van der Waals surface area contributed by atoms with Gasteiger partial charge in [-0.2, -0.15) is 0 Å². The highest BCUT2D eigenvalue weighted by Gasteiger charge is 2.52. The number of aliphatic hydroxyl groups excluding tert-OH is 1. The zero-order valence-corrected chi connectivity index (χ0v) is 16.1. The highest BCUT2D eigenvalue weighted by Crippen LogP contribution is 2.49. The van der Waals surface area contributed by atoms with Crippen LogP contribution >= 0.6 is 0 Å². The van der Waals surface area contributed by atoms with Gasteiger partial charge in [0.25, 0.3) is 0 Å². The number of hydrogen-bond donors (Lipinski definition) is 3. The standard InChI is InChI=1S/C23H28N2O2/c1-15-7-8-16(2)17(13-15)14-20(26)25-21-18-5-3-4-6-19(18)23(22(21)27)9-11-24-12-10-23/h3-8,13,21-22,24,27H,9-12,14H2,1-2H3,(H,25,26)/t21-,22+/m0/s1. The molecule has 0 radical (unpaired) electrons. The van der Waals surface area contributed by atoms with E-state index in [1.165, 1.54) is 5.56 Å². The molecule has 0 saturated carbocycles. The van der Waals surface area contributed by atoms with Crippen molar-refractivity contribution in [1.29, 1.82) is 0 Å². The van der Waals surface area contributed by atoms with Crippen molar-refractivity contribution in [2.24, 2.45) is 0 Å². The van der Waals surface area contributed by atoms with Gasteiger partial charge in [-0.1, -0.05) is 48.0 Å². The van der Waals surface area contributed by atoms with E-state index in [0.29, 0.717) is 6.42 Å². The fourth-order valence-corrected chi connectivity index (χ4v) is 4.85. The predicted molar refractivity (Wildman–Crippen MR) is 107 cm³/mol. The van der Waals surface area contributed by atoms with Crippen LogP contribution in [0.15, 0.2) is 42.5 Å². The number of hydrogen-bond acceptors (Lipinski definition) is 3. The molecule has 2 aromatic rings. The van der Waals surface area contributed by atoms with Gasteiger partial charge in [-0.15, -0.1) is 0 Å². The van der Waals surface area contributed by atoms with Crippen molar-refractivity contribution >= 4 is 5.91 Å². The second-order valence-electron chi connectivity index (χ2n) is 8.09. The molecule has 1 saturated heterocycles. The molecule has 0 aromatic heterocycles. The summed E-state index contributed by atoms with van der Waals surface area (Å²) in [5.41, 5.74) is 5.35. The highest BCUT2D eigenvalue weighted by atomic mass is 16.3. The number of rotatable bonds is 3. The normalized spacial score (nSPS) is 23.2. The van der Waals surface area contributed by atoms with E-state index in [-0.39, 0.29) is 17.4 Å². The van der Waals surface area contributed by atoms with E-state index in [4.69, 9.17) is 0 Å². The summed E-state index contributed by atoms with van der Waals surface area (Å²) < 4.78 is 0. The summed E-state index contributed by atoms with van der Waals surface area (Å²) in [5, 5.41) is 17.8. The summed E-state index contributed by atoms with van der Waals surface area (Å²) in [4.78, 5) is 12.8. The smallest absolute Gasteiger partial charge is 0.225 e. The average Bonchev–Trinajstić information content (AvgIpc) is 2.88. The molecule has 4 heteroatoms. The predicted octanol–water partition coefficient (Wildman–Crippen LogP) is 2.70. The number of aryl methyl sites for hydroxylation is 2. The van der Waals surface area contributed by atoms with Crippen LogP contribution in [0.25, 0.3) is 0 Å². The maximum absolute atomic E-state index is 12.8. The Morgan fingerprint density at radius 1 is 1.19 bits per heavy atom. The maximum Gasteiger partial charge on any atom is 0.225 e. The first-order valence-electron chi connectivity index (χ1n) is 9.85. The zero-order valence-electron chi connectivity index (χ0n) is 16.1. The Bertz CT molecular complexity index is 855. The minimum Gasteiger partial charge on any atom is -0.390 e. The molecule has 2 atom stereocenters. The third-order valence-electron chi connectivity index (χ3n) is 6.38. The van der Waals surface area contributed by atoms with E-state index in [0.717, 1.165) is 48.2 Å². The molecule has 3 N–H and O–H groups in total. The average molecular weight is 364 g/mol. The Labute approximate surface area is 161 Å². The summed E-state index contributed by atoms with van der Waals surface area (Å²) in [6.07, 6.45) is 1.55. The van der Waals surface area contributed by atoms with Crippen LogP contribution in [0, 0.1) is 13.8 Å². The van der Waals surface area contributed by atoms with Crippen LogP contribution in [-0.2, 0) is 16.6 Å². The Morgan fingerprint density at radius 2 is 1.93 bits per heavy atom. The molecule has 1 aliphatic carbocycles. The monoisotopic (exact) mass is 364 g/mol. The quantitative estimate of drug-likeness (QED) is 0.785. The van der Waals surface area contributed by atoms with Gasteiger partial charge >= 0.3 is 0 Å². The lowest BCUT2D eigenvalue weighted by Gasteiger charge is -2.38. The first-order valence-corrected chi connectivity index (χ1v) is 9.85. The topological polar surface area (TPSA) is 61.4 Å². The van der Waals surface area contributed by atoms with Gasteiger partial charge in [0.05, 0.1) is 18.6 Å². The van der Waals surface area contributed by atoms with Crippen molar-refractivity contribution in [3.05, 3.63) is 70.3 Å². The van der Waals surface area contributed by atoms with Gasteiger partial charge in [-0.25, -0.2) is 0 Å². The van der Waals surface area contributed by atoms with Crippen molar-refractivity contribution in [3.63, 3.8) is 0 Å². The SMILES string of the molecule is Cc1ccc(C)c(CC(=O)N[C@H]2c3ccccc3C3(CCNCC3)[C@@H]2O)c1. The van der Waals surface area contributed by atoms with Gasteiger partial charge < -0.3 is 15.7 Å². The molecule has 4 rings (SSSR count). The number of benzene rings is 2. The summed E-state index contributed by atoms with van der Waals surface area (Å²) in [6.45, 7) is 5.87. The second-order valence-corrected chi connectivity index (χ2v) is 8.09. The van der Waals surface area contributed by atoms with Crippen LogP contribution in [0.5, 0.6) is 0 Å². The molecule has 1 spiro atoms. The molecule has 2 aromatic carbocycles. The van der Waals surface area contributed by atoms with Crippen molar-refractivity contribution < 1.29 is 9.90 Å². The molecule has 1 heterocycles. The molecule has 2 aliphatic rings. The van der Waals surface area contributed by atoms with Gasteiger partial charge in [0.1, 0.15) is 0 Å². The van der Waals surface area contributed by atoms with Crippen LogP contribution in [0.4, 0.5) is 0 Å². The number of aliphatic hydroxyl groups is 1. The fraction of sp³-hybridized carbons (Fsp3) is 0.435. The number of piperidine rings is 1. The third-order valence-corrected chi connectivity index (χ3v) is 6.38. The van der Waals surface area contributed by atoms with Gasteiger partial charge in [0.2, 0.25) is 5.91 Å². The minimum absolute atomic E-state index is 0.0338. The summed E-state index contributed by atoms with van der Waals surface area (Å²) >= 11 is 0. The van der Waals surface area contributed by atoms with Gasteiger partial charge in [-0.3, -0.25) is 4.79 Å². The molecule has 1 fully saturated rings. The number of amides is 1. The summed E-state index contributed by atoms with van der Waals surface area (Å²) in [7, 11) is 0. The van der Waals surface area contributed by atoms with Gasteiger partial charge in [-0.05, 0) is 62.0 Å². The number of nitrogens with one attached hydrogen (secondary N) is 2. The van der Waals surface area contributed by atoms with Crippen LogP contribution in [-0.4, -0.2) is 30.2 Å². The van der Waals surface area contributed by atoms with Crippen molar-refractivity contribution in [1.82, 2.24) is 10.6 Å². The molecule has 0 bridgehead atoms. The lowest BCUT2D eigenvalue weighted by atomic mass is 9.72. The zero-order chi connectivity index (χ0) is 19.0. The molecule has 1 amide bonds. The van der Waals surface area contributed by atoms with E-state index >= 15 is 0 Å². The van der Waals surface area contributed by atoms with E-state index in [1.54, 1.807) is 0 Å². The van der Waals surface area contributed by atoms with Crippen molar-refractivity contribution in [2.45, 2.75) is 50.7 Å². The molecule has 142 valence electrons. The first kappa shape index (κ1) is 18.2. The lowest BCUT2D eigenvalue weighted by molar-refractivity contribution is -0.122. The fourth-order valence-electron chi connectivity index (χ4n) is 4.85. The number of carbonyl (C=O) groups is 1. The van der Waals surface area contributed by atoms with Crippen LogP contribution in [0.3, 0.4) is 0 Å². The molecular weight excluding hydrogens is 336 g/mol. The number of carbonyl (C=O) groups excluding carboxylic acids is 1. The molecule has 4 nitrogen and oxygen atoms in total. The Kier molecular flexibility index (Phi) is 4.79. The Morgan fingerprint density at radius 3 is 2.70 bits per heavy atom. The highest BCUT2D eigenvalue weighted by molar-refractivity contribution is 5.80.